The third-order valence-electron chi connectivity index (χ3n) is 5.65. The molecule has 1 amide bonds. The van der Waals surface area contributed by atoms with Gasteiger partial charge in [0.05, 0.1) is 22.2 Å². The molecule has 0 aromatic heterocycles. The average Bonchev–Trinajstić information content (AvgIpc) is 2.82. The van der Waals surface area contributed by atoms with Gasteiger partial charge in [0.15, 0.2) is 0 Å². The maximum absolute atomic E-state index is 12.9. The van der Waals surface area contributed by atoms with Crippen molar-refractivity contribution >= 4 is 23.5 Å². The number of amides is 1. The normalized spacial score (nSPS) is 12.2. The summed E-state index contributed by atoms with van der Waals surface area (Å²) in [7, 11) is 0. The highest BCUT2D eigenvalue weighted by Crippen LogP contribution is 2.32. The predicted molar refractivity (Wildman–Crippen MR) is 131 cm³/mol. The van der Waals surface area contributed by atoms with E-state index in [1.807, 2.05) is 19.1 Å². The van der Waals surface area contributed by atoms with Crippen LogP contribution in [-0.2, 0) is 23.8 Å². The second-order valence-corrected chi connectivity index (χ2v) is 8.65. The number of alkyl halides is 3. The zero-order valence-electron chi connectivity index (χ0n) is 19.7. The second kappa shape index (κ2) is 11.5. The number of nitrogens with one attached hydrogen (secondary N) is 1. The average molecular weight is 520 g/mol. The van der Waals surface area contributed by atoms with Crippen molar-refractivity contribution in [1.29, 1.82) is 0 Å². The van der Waals surface area contributed by atoms with Crippen molar-refractivity contribution in [1.82, 2.24) is 5.32 Å². The molecule has 3 aromatic carbocycles. The van der Waals surface area contributed by atoms with Crippen LogP contribution in [0.15, 0.2) is 60.7 Å². The molecular formula is C27H25ClF3NO4. The molecule has 190 valence electrons. The lowest BCUT2D eigenvalue weighted by Gasteiger charge is -2.17. The summed E-state index contributed by atoms with van der Waals surface area (Å²) >= 11 is 5.94. The van der Waals surface area contributed by atoms with Gasteiger partial charge in [-0.25, -0.2) is 0 Å². The van der Waals surface area contributed by atoms with Gasteiger partial charge in [0, 0.05) is 6.42 Å². The van der Waals surface area contributed by atoms with Crippen molar-refractivity contribution in [3.63, 3.8) is 0 Å². The van der Waals surface area contributed by atoms with Crippen molar-refractivity contribution in [3.05, 3.63) is 93.5 Å². The third-order valence-corrected chi connectivity index (χ3v) is 5.96. The number of ether oxygens (including phenoxy) is 1. The quantitative estimate of drug-likeness (QED) is 0.313. The number of aryl methyl sites for hydroxylation is 2. The minimum Gasteiger partial charge on any atom is -0.481 e. The molecular weight excluding hydrogens is 495 g/mol. The Labute approximate surface area is 211 Å². The highest BCUT2D eigenvalue weighted by atomic mass is 35.5. The Morgan fingerprint density at radius 3 is 2.39 bits per heavy atom. The first-order chi connectivity index (χ1) is 17.0. The van der Waals surface area contributed by atoms with Crippen molar-refractivity contribution in [2.24, 2.45) is 0 Å². The number of carbonyl (C=O) groups excluding carboxylic acids is 1. The summed E-state index contributed by atoms with van der Waals surface area (Å²) in [5.74, 6) is -0.328. The number of hydrogen-bond acceptors (Lipinski definition) is 3. The van der Waals surface area contributed by atoms with Crippen LogP contribution in [0.1, 0.15) is 58.9 Å². The van der Waals surface area contributed by atoms with Crippen LogP contribution in [0.25, 0.3) is 0 Å². The van der Waals surface area contributed by atoms with Crippen LogP contribution in [0.3, 0.4) is 0 Å². The molecule has 1 atom stereocenters. The second-order valence-electron chi connectivity index (χ2n) is 8.24. The topological polar surface area (TPSA) is 75.6 Å². The molecule has 0 heterocycles. The Bertz CT molecular complexity index is 1260. The van der Waals surface area contributed by atoms with E-state index in [1.165, 1.54) is 0 Å². The maximum atomic E-state index is 12.9. The lowest BCUT2D eigenvalue weighted by molar-refractivity contribution is -0.138. The summed E-state index contributed by atoms with van der Waals surface area (Å²) in [5.41, 5.74) is 1.69. The highest BCUT2D eigenvalue weighted by Gasteiger charge is 2.31. The fraction of sp³-hybridized carbons (Fsp3) is 0.259. The van der Waals surface area contributed by atoms with E-state index in [2.05, 4.69) is 5.32 Å². The van der Waals surface area contributed by atoms with E-state index in [0.717, 1.165) is 41.3 Å². The van der Waals surface area contributed by atoms with Crippen LogP contribution in [-0.4, -0.2) is 17.0 Å². The number of aliphatic carboxylic acids is 1. The Kier molecular flexibility index (Phi) is 8.63. The van der Waals surface area contributed by atoms with E-state index in [0.29, 0.717) is 17.9 Å². The molecule has 0 radical (unpaired) electrons. The predicted octanol–water partition coefficient (Wildman–Crippen LogP) is 7.22. The van der Waals surface area contributed by atoms with E-state index in [-0.39, 0.29) is 17.0 Å². The monoisotopic (exact) mass is 519 g/mol. The number of hydrogen-bond donors (Lipinski definition) is 2. The van der Waals surface area contributed by atoms with Gasteiger partial charge < -0.3 is 15.2 Å². The smallest absolute Gasteiger partial charge is 0.416 e. The van der Waals surface area contributed by atoms with E-state index in [1.54, 1.807) is 37.3 Å². The SMILES string of the molecule is CCc1cc(Oc2cccc([C@@H](C)NC(=O)c3ccc(C(F)(F)F)cc3Cl)c2)ccc1CCC(=O)O. The van der Waals surface area contributed by atoms with E-state index in [4.69, 9.17) is 21.4 Å². The van der Waals surface area contributed by atoms with Gasteiger partial charge in [0.2, 0.25) is 0 Å². The van der Waals surface area contributed by atoms with Gasteiger partial charge in [0.25, 0.3) is 5.91 Å². The molecule has 0 saturated heterocycles. The molecule has 36 heavy (non-hydrogen) atoms. The molecule has 0 fully saturated rings. The van der Waals surface area contributed by atoms with Crippen molar-refractivity contribution in [2.45, 2.75) is 45.3 Å². The Morgan fingerprint density at radius 2 is 1.75 bits per heavy atom. The summed E-state index contributed by atoms with van der Waals surface area (Å²) in [4.78, 5) is 23.5. The molecule has 0 aliphatic heterocycles. The molecule has 3 rings (SSSR count). The third kappa shape index (κ3) is 7.01. The van der Waals surface area contributed by atoms with Gasteiger partial charge in [-0.2, -0.15) is 13.2 Å². The number of benzene rings is 3. The molecule has 0 saturated carbocycles. The standard InChI is InChI=1S/C27H25ClF3NO4/c1-3-17-13-22(10-7-18(17)8-12-25(33)34)36-21-6-4-5-19(14-21)16(2)32-26(35)23-11-9-20(15-24(23)28)27(29,30)31/h4-7,9-11,13-16H,3,8,12H2,1-2H3,(H,32,35)(H,33,34)/t16-/m1/s1. The Balaban J connectivity index is 1.71. The molecule has 0 spiro atoms. The number of halogens is 4. The molecule has 3 aromatic rings. The summed E-state index contributed by atoms with van der Waals surface area (Å²) in [5, 5.41) is 11.4. The van der Waals surface area contributed by atoms with Gasteiger partial charge in [-0.15, -0.1) is 0 Å². The molecule has 5 nitrogen and oxygen atoms in total. The van der Waals surface area contributed by atoms with Gasteiger partial charge in [0.1, 0.15) is 11.5 Å². The van der Waals surface area contributed by atoms with E-state index >= 15 is 0 Å². The number of carboxylic acids is 1. The maximum Gasteiger partial charge on any atom is 0.416 e. The van der Waals surface area contributed by atoms with Gasteiger partial charge in [-0.1, -0.05) is 36.7 Å². The molecule has 0 aliphatic carbocycles. The Hall–Kier alpha value is -3.52. The number of rotatable bonds is 9. The molecule has 0 unspecified atom stereocenters. The number of carbonyl (C=O) groups is 2. The van der Waals surface area contributed by atoms with Crippen LogP contribution < -0.4 is 10.1 Å². The minimum atomic E-state index is -4.55. The van der Waals surface area contributed by atoms with Crippen molar-refractivity contribution < 1.29 is 32.6 Å². The number of carboxylic acid groups (broad SMARTS) is 1. The fourth-order valence-electron chi connectivity index (χ4n) is 3.70. The first-order valence-electron chi connectivity index (χ1n) is 11.3. The molecule has 2 N–H and O–H groups in total. The highest BCUT2D eigenvalue weighted by molar-refractivity contribution is 6.33. The molecule has 9 heteroatoms. The summed E-state index contributed by atoms with van der Waals surface area (Å²) in [6.07, 6.45) is -3.34. The van der Waals surface area contributed by atoms with Crippen LogP contribution in [0.5, 0.6) is 11.5 Å². The largest absolute Gasteiger partial charge is 0.481 e. The van der Waals surface area contributed by atoms with Gasteiger partial charge in [-0.3, -0.25) is 9.59 Å². The fourth-order valence-corrected chi connectivity index (χ4v) is 3.96. The first-order valence-corrected chi connectivity index (χ1v) is 11.6. The molecule has 0 bridgehead atoms. The summed E-state index contributed by atoms with van der Waals surface area (Å²) < 4.78 is 44.6. The van der Waals surface area contributed by atoms with E-state index in [9.17, 15) is 22.8 Å². The van der Waals surface area contributed by atoms with Crippen molar-refractivity contribution in [2.75, 3.05) is 0 Å². The lowest BCUT2D eigenvalue weighted by atomic mass is 10.0. The first kappa shape index (κ1) is 27.1. The lowest BCUT2D eigenvalue weighted by Crippen LogP contribution is -2.27. The van der Waals surface area contributed by atoms with E-state index < -0.39 is 29.7 Å². The van der Waals surface area contributed by atoms with Crippen LogP contribution in [0, 0.1) is 0 Å². The van der Waals surface area contributed by atoms with Crippen molar-refractivity contribution in [3.8, 4) is 11.5 Å². The van der Waals surface area contributed by atoms with Crippen LogP contribution in [0.2, 0.25) is 5.02 Å². The summed E-state index contributed by atoms with van der Waals surface area (Å²) in [6.45, 7) is 3.72. The molecule has 0 aliphatic rings. The van der Waals surface area contributed by atoms with Gasteiger partial charge >= 0.3 is 12.1 Å². The zero-order valence-corrected chi connectivity index (χ0v) is 20.4. The Morgan fingerprint density at radius 1 is 1.03 bits per heavy atom. The minimum absolute atomic E-state index is 0.0521. The van der Waals surface area contributed by atoms with Crippen LogP contribution >= 0.6 is 11.6 Å². The van der Waals surface area contributed by atoms with Crippen LogP contribution in [0.4, 0.5) is 13.2 Å². The zero-order chi connectivity index (χ0) is 26.5. The summed E-state index contributed by atoms with van der Waals surface area (Å²) in [6, 6.07) is 14.7. The van der Waals surface area contributed by atoms with Gasteiger partial charge in [-0.05, 0) is 78.9 Å².